The molecule has 2 aromatic carbocycles. The van der Waals surface area contributed by atoms with Gasteiger partial charge in [-0.25, -0.2) is 0 Å². The van der Waals surface area contributed by atoms with E-state index in [2.05, 4.69) is 90.5 Å². The molecule has 2 aliphatic heterocycles. The van der Waals surface area contributed by atoms with Gasteiger partial charge in [-0.15, -0.1) is 0 Å². The Hall–Kier alpha value is -2.75. The van der Waals surface area contributed by atoms with Crippen LogP contribution in [0, 0.1) is 0 Å². The first-order valence-electron chi connectivity index (χ1n) is 9.97. The second-order valence-corrected chi connectivity index (χ2v) is 8.55. The number of rotatable bonds is 4. The second-order valence-electron chi connectivity index (χ2n) is 8.55. The van der Waals surface area contributed by atoms with Gasteiger partial charge in [-0.3, -0.25) is 4.79 Å². The lowest BCUT2D eigenvalue weighted by atomic mass is 9.75. The van der Waals surface area contributed by atoms with Crippen molar-refractivity contribution < 1.29 is 4.79 Å². The quantitative estimate of drug-likeness (QED) is 0.879. The summed E-state index contributed by atoms with van der Waals surface area (Å²) in [5, 5.41) is 3.30. The first-order chi connectivity index (χ1) is 13.3. The summed E-state index contributed by atoms with van der Waals surface area (Å²) in [4.78, 5) is 16.7. The highest BCUT2D eigenvalue weighted by atomic mass is 16.2. The second kappa shape index (κ2) is 6.40. The summed E-state index contributed by atoms with van der Waals surface area (Å²) in [7, 11) is 4.08. The van der Waals surface area contributed by atoms with Crippen LogP contribution in [0.2, 0.25) is 0 Å². The predicted octanol–water partition coefficient (Wildman–Crippen LogP) is 3.95. The van der Waals surface area contributed by atoms with Crippen molar-refractivity contribution in [1.29, 1.82) is 0 Å². The van der Waals surface area contributed by atoms with Crippen molar-refractivity contribution in [3.8, 4) is 0 Å². The third-order valence-electron chi connectivity index (χ3n) is 6.37. The Balaban J connectivity index is 1.76. The van der Waals surface area contributed by atoms with E-state index in [9.17, 15) is 4.79 Å². The maximum Gasteiger partial charge on any atom is 0.241 e. The zero-order chi connectivity index (χ0) is 20.1. The predicted molar refractivity (Wildman–Crippen MR) is 117 cm³/mol. The number of nitrogens with zero attached hydrogens (tertiary/aromatic N) is 2. The van der Waals surface area contributed by atoms with Crippen LogP contribution in [0.25, 0.3) is 6.08 Å². The summed E-state index contributed by atoms with van der Waals surface area (Å²) in [6.45, 7) is 7.04. The molecule has 1 saturated heterocycles. The van der Waals surface area contributed by atoms with Gasteiger partial charge in [0.2, 0.25) is 5.91 Å². The number of fused-ring (bicyclic) bond motifs is 3. The van der Waals surface area contributed by atoms with Crippen LogP contribution in [0.5, 0.6) is 0 Å². The molecule has 0 bridgehead atoms. The van der Waals surface area contributed by atoms with E-state index in [0.717, 1.165) is 17.7 Å². The fourth-order valence-corrected chi connectivity index (χ4v) is 4.54. The number of anilines is 2. The number of benzene rings is 2. The maximum absolute atomic E-state index is 12.4. The van der Waals surface area contributed by atoms with E-state index in [4.69, 9.17) is 0 Å². The van der Waals surface area contributed by atoms with Gasteiger partial charge in [0.15, 0.2) is 0 Å². The molecule has 2 heterocycles. The fraction of sp³-hybridized carbons (Fsp3) is 0.375. The largest absolute Gasteiger partial charge is 0.378 e. The maximum atomic E-state index is 12.4. The summed E-state index contributed by atoms with van der Waals surface area (Å²) < 4.78 is 0. The highest BCUT2D eigenvalue weighted by Gasteiger charge is 2.59. The Labute approximate surface area is 167 Å². The number of nitrogens with one attached hydrogen (secondary N) is 1. The van der Waals surface area contributed by atoms with E-state index >= 15 is 0 Å². The molecular weight excluding hydrogens is 346 g/mol. The highest BCUT2D eigenvalue weighted by Crippen LogP contribution is 2.53. The average Bonchev–Trinajstić information content (AvgIpc) is 3.11. The Morgan fingerprint density at radius 2 is 1.86 bits per heavy atom. The molecular formula is C24H29N3O. The molecule has 0 aromatic heterocycles. The Bertz CT molecular complexity index is 943. The summed E-state index contributed by atoms with van der Waals surface area (Å²) in [5.74, 6) is 0.0749. The van der Waals surface area contributed by atoms with Crippen molar-refractivity contribution in [3.63, 3.8) is 0 Å². The van der Waals surface area contributed by atoms with Gasteiger partial charge >= 0.3 is 0 Å². The lowest BCUT2D eigenvalue weighted by molar-refractivity contribution is -0.118. The number of hydrogen-bond donors (Lipinski definition) is 1. The number of carbonyl (C=O) groups is 1. The van der Waals surface area contributed by atoms with E-state index in [1.54, 1.807) is 0 Å². The molecule has 1 N–H and O–H groups in total. The molecule has 1 atom stereocenters. The van der Waals surface area contributed by atoms with Crippen LogP contribution in [-0.2, 0) is 16.6 Å². The highest BCUT2D eigenvalue weighted by molar-refractivity contribution is 5.91. The first-order valence-corrected chi connectivity index (χ1v) is 9.97. The molecule has 4 heteroatoms. The molecule has 28 heavy (non-hydrogen) atoms. The van der Waals surface area contributed by atoms with Crippen molar-refractivity contribution in [2.24, 2.45) is 0 Å². The van der Waals surface area contributed by atoms with Gasteiger partial charge in [-0.05, 0) is 47.4 Å². The first kappa shape index (κ1) is 18.6. The summed E-state index contributed by atoms with van der Waals surface area (Å²) in [5.41, 5.74) is 5.32. The van der Waals surface area contributed by atoms with Gasteiger partial charge in [-0.1, -0.05) is 51.1 Å². The van der Waals surface area contributed by atoms with Crippen LogP contribution < -0.4 is 15.1 Å². The molecule has 0 aliphatic carbocycles. The molecule has 4 rings (SSSR count). The number of amides is 1. The summed E-state index contributed by atoms with van der Waals surface area (Å²) >= 11 is 0. The zero-order valence-electron chi connectivity index (χ0n) is 17.4. The summed E-state index contributed by atoms with van der Waals surface area (Å²) in [6.07, 6.45) is 5.32. The molecule has 1 amide bonds. The molecule has 146 valence electrons. The van der Waals surface area contributed by atoms with E-state index < -0.39 is 5.66 Å². The van der Waals surface area contributed by atoms with E-state index in [1.807, 2.05) is 14.1 Å². The normalized spacial score (nSPS) is 22.3. The van der Waals surface area contributed by atoms with Crippen LogP contribution in [-0.4, -0.2) is 32.2 Å². The van der Waals surface area contributed by atoms with Gasteiger partial charge in [-0.2, -0.15) is 0 Å². The minimum atomic E-state index is -0.543. The van der Waals surface area contributed by atoms with E-state index in [0.29, 0.717) is 6.54 Å². The van der Waals surface area contributed by atoms with Crippen LogP contribution in [0.1, 0.15) is 37.5 Å². The molecule has 2 aromatic rings. The third-order valence-corrected chi connectivity index (χ3v) is 6.37. The van der Waals surface area contributed by atoms with E-state index in [-0.39, 0.29) is 11.3 Å². The Morgan fingerprint density at radius 1 is 1.14 bits per heavy atom. The van der Waals surface area contributed by atoms with Crippen LogP contribution in [0.15, 0.2) is 48.5 Å². The smallest absolute Gasteiger partial charge is 0.241 e. The monoisotopic (exact) mass is 375 g/mol. The van der Waals surface area contributed by atoms with Gasteiger partial charge in [0.25, 0.3) is 0 Å². The van der Waals surface area contributed by atoms with Crippen molar-refractivity contribution in [2.75, 3.05) is 30.4 Å². The van der Waals surface area contributed by atoms with Crippen LogP contribution >= 0.6 is 0 Å². The lowest BCUT2D eigenvalue weighted by Crippen LogP contribution is -2.58. The average molecular weight is 376 g/mol. The van der Waals surface area contributed by atoms with Crippen molar-refractivity contribution >= 4 is 23.4 Å². The Kier molecular flexibility index (Phi) is 4.25. The van der Waals surface area contributed by atoms with Crippen LogP contribution in [0.3, 0.4) is 0 Å². The zero-order valence-corrected chi connectivity index (χ0v) is 17.4. The van der Waals surface area contributed by atoms with Crippen molar-refractivity contribution in [1.82, 2.24) is 5.32 Å². The summed E-state index contributed by atoms with van der Waals surface area (Å²) in [6, 6.07) is 15.1. The van der Waals surface area contributed by atoms with E-state index in [1.165, 1.54) is 16.8 Å². The minimum absolute atomic E-state index is 0.0749. The van der Waals surface area contributed by atoms with Crippen molar-refractivity contribution in [2.45, 2.75) is 38.3 Å². The van der Waals surface area contributed by atoms with Crippen molar-refractivity contribution in [3.05, 3.63) is 65.2 Å². The molecule has 0 saturated carbocycles. The molecule has 0 radical (unpaired) electrons. The lowest BCUT2D eigenvalue weighted by Gasteiger charge is -2.40. The van der Waals surface area contributed by atoms with Crippen LogP contribution in [0.4, 0.5) is 11.4 Å². The van der Waals surface area contributed by atoms with Gasteiger partial charge in [0.05, 0.1) is 6.54 Å². The van der Waals surface area contributed by atoms with Gasteiger partial charge in [0, 0.05) is 30.9 Å². The fourth-order valence-electron chi connectivity index (χ4n) is 4.54. The number of carbonyl (C=O) groups excluding carboxylic acids is 1. The van der Waals surface area contributed by atoms with Gasteiger partial charge < -0.3 is 15.1 Å². The standard InChI is InChI=1S/C24H29N3O/c1-6-17-9-12-21-20(15-17)23(2,3)24(25-22(28)16-27(21)24)14-13-18-7-10-19(11-8-18)26(4)5/h7-15H,6,16H2,1-5H3,(H,25,28)/b14-13+/t24-/m0/s1. The molecule has 4 nitrogen and oxygen atoms in total. The molecule has 0 spiro atoms. The number of aryl methyl sites for hydroxylation is 1. The molecule has 2 aliphatic rings. The topological polar surface area (TPSA) is 35.6 Å². The number of hydrogen-bond acceptors (Lipinski definition) is 3. The minimum Gasteiger partial charge on any atom is -0.378 e. The molecule has 0 unspecified atom stereocenters. The third kappa shape index (κ3) is 2.62. The Morgan fingerprint density at radius 3 is 2.50 bits per heavy atom. The van der Waals surface area contributed by atoms with Gasteiger partial charge in [0.1, 0.15) is 5.66 Å². The molecule has 1 fully saturated rings. The SMILES string of the molecule is CCc1ccc2c(c1)C(C)(C)[C@@]1(/C=C/c3ccc(N(C)C)cc3)NC(=O)CN21.